The molecule has 0 spiro atoms. The van der Waals surface area contributed by atoms with Crippen molar-refractivity contribution in [2.24, 2.45) is 23.7 Å². The maximum atomic E-state index is 5.83. The molecular formula is C14H24O2. The van der Waals surface area contributed by atoms with E-state index in [4.69, 9.17) is 9.47 Å². The molecule has 3 aliphatic rings. The Kier molecular flexibility index (Phi) is 2.97. The lowest BCUT2D eigenvalue weighted by molar-refractivity contribution is -0.0490. The Bertz CT molecular complexity index is 245. The molecule has 3 rings (SSSR count). The first-order valence-electron chi connectivity index (χ1n) is 7.00. The van der Waals surface area contributed by atoms with Crippen LogP contribution in [0.4, 0.5) is 0 Å². The molecule has 92 valence electrons. The van der Waals surface area contributed by atoms with Gasteiger partial charge in [0.15, 0.2) is 0 Å². The van der Waals surface area contributed by atoms with Crippen molar-refractivity contribution in [3.8, 4) is 0 Å². The Morgan fingerprint density at radius 2 is 1.75 bits per heavy atom. The van der Waals surface area contributed by atoms with Crippen LogP contribution in [0.1, 0.15) is 46.0 Å². The van der Waals surface area contributed by atoms with Crippen LogP contribution in [0.2, 0.25) is 0 Å². The normalized spacial score (nSPS) is 47.8. The van der Waals surface area contributed by atoms with Gasteiger partial charge in [0.25, 0.3) is 0 Å². The summed E-state index contributed by atoms with van der Waals surface area (Å²) in [6.45, 7) is 5.31. The smallest absolute Gasteiger partial charge is 0.147 e. The Balaban J connectivity index is 1.82. The van der Waals surface area contributed by atoms with Crippen molar-refractivity contribution in [1.82, 2.24) is 0 Å². The van der Waals surface area contributed by atoms with Crippen LogP contribution in [0, 0.1) is 23.7 Å². The summed E-state index contributed by atoms with van der Waals surface area (Å²) < 4.78 is 11.6. The molecule has 0 N–H and O–H groups in total. The number of fused-ring (bicyclic) bond motifs is 3. The quantitative estimate of drug-likeness (QED) is 0.681. The molecule has 1 heterocycles. The highest BCUT2D eigenvalue weighted by Gasteiger charge is 2.49. The van der Waals surface area contributed by atoms with Crippen molar-refractivity contribution in [1.29, 1.82) is 0 Å². The third kappa shape index (κ3) is 1.70. The van der Waals surface area contributed by atoms with Gasteiger partial charge in [0.05, 0.1) is 12.2 Å². The first-order chi connectivity index (χ1) is 7.77. The van der Waals surface area contributed by atoms with Gasteiger partial charge in [-0.15, -0.1) is 0 Å². The lowest BCUT2D eigenvalue weighted by Gasteiger charge is -2.47. The molecule has 0 amide bonds. The van der Waals surface area contributed by atoms with Gasteiger partial charge in [0, 0.05) is 0 Å². The Morgan fingerprint density at radius 3 is 2.50 bits per heavy atom. The summed E-state index contributed by atoms with van der Waals surface area (Å²) in [5.41, 5.74) is 0. The van der Waals surface area contributed by atoms with Crippen LogP contribution in [-0.4, -0.2) is 19.0 Å². The standard InChI is InChI=1S/C14H24O2/c1-9(2)12-7-13-14(16-8-15-13)11-6-4-3-5-10(11)12/h9-14H,3-8H2,1-2H3. The van der Waals surface area contributed by atoms with E-state index >= 15 is 0 Å². The summed E-state index contributed by atoms with van der Waals surface area (Å²) in [7, 11) is 0. The number of rotatable bonds is 1. The van der Waals surface area contributed by atoms with E-state index in [-0.39, 0.29) is 0 Å². The van der Waals surface area contributed by atoms with Crippen molar-refractivity contribution in [2.75, 3.05) is 6.79 Å². The average molecular weight is 224 g/mol. The van der Waals surface area contributed by atoms with E-state index < -0.39 is 0 Å². The zero-order valence-corrected chi connectivity index (χ0v) is 10.5. The molecule has 0 bridgehead atoms. The van der Waals surface area contributed by atoms with Gasteiger partial charge < -0.3 is 9.47 Å². The van der Waals surface area contributed by atoms with Crippen LogP contribution in [0.5, 0.6) is 0 Å². The molecule has 1 saturated heterocycles. The van der Waals surface area contributed by atoms with Crippen LogP contribution in [0.3, 0.4) is 0 Å². The molecule has 2 heteroatoms. The van der Waals surface area contributed by atoms with E-state index in [1.165, 1.54) is 32.1 Å². The van der Waals surface area contributed by atoms with Gasteiger partial charge in [-0.05, 0) is 42.9 Å². The zero-order chi connectivity index (χ0) is 11.1. The maximum absolute atomic E-state index is 5.83. The lowest BCUT2D eigenvalue weighted by atomic mass is 9.61. The molecule has 16 heavy (non-hydrogen) atoms. The van der Waals surface area contributed by atoms with Gasteiger partial charge >= 0.3 is 0 Å². The van der Waals surface area contributed by atoms with E-state index in [2.05, 4.69) is 13.8 Å². The molecule has 2 saturated carbocycles. The van der Waals surface area contributed by atoms with Gasteiger partial charge in [0.2, 0.25) is 0 Å². The minimum Gasteiger partial charge on any atom is -0.349 e. The topological polar surface area (TPSA) is 18.5 Å². The number of hydrogen-bond acceptors (Lipinski definition) is 2. The van der Waals surface area contributed by atoms with E-state index in [9.17, 15) is 0 Å². The SMILES string of the molecule is CC(C)C1CC2OCOC2C2CCCCC12. The van der Waals surface area contributed by atoms with Gasteiger partial charge in [-0.2, -0.15) is 0 Å². The number of ether oxygens (including phenoxy) is 2. The molecule has 0 radical (unpaired) electrons. The maximum Gasteiger partial charge on any atom is 0.147 e. The molecule has 3 fully saturated rings. The van der Waals surface area contributed by atoms with Crippen molar-refractivity contribution < 1.29 is 9.47 Å². The summed E-state index contributed by atoms with van der Waals surface area (Å²) in [4.78, 5) is 0. The minimum atomic E-state index is 0.409. The first-order valence-corrected chi connectivity index (χ1v) is 7.00. The van der Waals surface area contributed by atoms with E-state index in [0.29, 0.717) is 19.0 Å². The monoisotopic (exact) mass is 224 g/mol. The van der Waals surface area contributed by atoms with E-state index in [1.807, 2.05) is 0 Å². The third-order valence-corrected chi connectivity index (χ3v) is 5.12. The minimum absolute atomic E-state index is 0.409. The van der Waals surface area contributed by atoms with Crippen molar-refractivity contribution in [3.63, 3.8) is 0 Å². The summed E-state index contributed by atoms with van der Waals surface area (Å²) in [6, 6.07) is 0. The summed E-state index contributed by atoms with van der Waals surface area (Å²) in [6.07, 6.45) is 7.72. The first kappa shape index (κ1) is 11.0. The molecule has 0 aromatic rings. The van der Waals surface area contributed by atoms with Gasteiger partial charge in [-0.1, -0.05) is 26.7 Å². The third-order valence-electron chi connectivity index (χ3n) is 5.12. The highest BCUT2D eigenvalue weighted by molar-refractivity contribution is 4.97. The predicted molar refractivity (Wildman–Crippen MR) is 63.0 cm³/mol. The molecule has 5 unspecified atom stereocenters. The summed E-state index contributed by atoms with van der Waals surface area (Å²) >= 11 is 0. The van der Waals surface area contributed by atoms with Crippen LogP contribution >= 0.6 is 0 Å². The Labute approximate surface area is 98.7 Å². The van der Waals surface area contributed by atoms with E-state index in [0.717, 1.165) is 23.7 Å². The lowest BCUT2D eigenvalue weighted by Crippen LogP contribution is -2.47. The van der Waals surface area contributed by atoms with Crippen LogP contribution in [0.25, 0.3) is 0 Å². The molecule has 0 aromatic carbocycles. The fraction of sp³-hybridized carbons (Fsp3) is 1.00. The fourth-order valence-electron chi connectivity index (χ4n) is 4.35. The Hall–Kier alpha value is -0.0800. The van der Waals surface area contributed by atoms with Crippen LogP contribution in [-0.2, 0) is 9.47 Å². The highest BCUT2D eigenvalue weighted by atomic mass is 16.7. The van der Waals surface area contributed by atoms with Crippen molar-refractivity contribution >= 4 is 0 Å². The van der Waals surface area contributed by atoms with Gasteiger partial charge in [-0.25, -0.2) is 0 Å². The largest absolute Gasteiger partial charge is 0.349 e. The second kappa shape index (κ2) is 4.30. The fourth-order valence-corrected chi connectivity index (χ4v) is 4.35. The molecule has 2 nitrogen and oxygen atoms in total. The van der Waals surface area contributed by atoms with Crippen LogP contribution < -0.4 is 0 Å². The Morgan fingerprint density at radius 1 is 1.00 bits per heavy atom. The summed E-state index contributed by atoms with van der Waals surface area (Å²) in [5, 5.41) is 0. The summed E-state index contributed by atoms with van der Waals surface area (Å²) in [5.74, 6) is 3.38. The highest BCUT2D eigenvalue weighted by Crippen LogP contribution is 2.49. The second-order valence-corrected chi connectivity index (χ2v) is 6.21. The average Bonchev–Trinajstić information content (AvgIpc) is 2.75. The molecular weight excluding hydrogens is 200 g/mol. The van der Waals surface area contributed by atoms with Gasteiger partial charge in [0.1, 0.15) is 6.79 Å². The molecule has 0 aromatic heterocycles. The van der Waals surface area contributed by atoms with Crippen molar-refractivity contribution in [2.45, 2.75) is 58.2 Å². The molecule has 2 aliphatic carbocycles. The predicted octanol–water partition coefficient (Wildman–Crippen LogP) is 3.21. The van der Waals surface area contributed by atoms with Gasteiger partial charge in [-0.3, -0.25) is 0 Å². The zero-order valence-electron chi connectivity index (χ0n) is 10.5. The van der Waals surface area contributed by atoms with E-state index in [1.54, 1.807) is 0 Å². The van der Waals surface area contributed by atoms with Crippen molar-refractivity contribution in [3.05, 3.63) is 0 Å². The molecule has 5 atom stereocenters. The van der Waals surface area contributed by atoms with Crippen LogP contribution in [0.15, 0.2) is 0 Å². The number of hydrogen-bond donors (Lipinski definition) is 0. The second-order valence-electron chi connectivity index (χ2n) is 6.21. The molecule has 1 aliphatic heterocycles.